The van der Waals surface area contributed by atoms with Gasteiger partial charge in [-0.15, -0.1) is 11.3 Å². The zero-order chi connectivity index (χ0) is 15.1. The summed E-state index contributed by atoms with van der Waals surface area (Å²) >= 11 is 1.57. The van der Waals surface area contributed by atoms with Crippen LogP contribution in [0.25, 0.3) is 0 Å². The van der Waals surface area contributed by atoms with Crippen molar-refractivity contribution >= 4 is 33.8 Å². The van der Waals surface area contributed by atoms with Crippen molar-refractivity contribution in [3.05, 3.63) is 35.3 Å². The number of ether oxygens (including phenoxy) is 1. The summed E-state index contributed by atoms with van der Waals surface area (Å²) in [5.74, 6) is 0.00306. The number of methoxy groups -OCH3 is 1. The number of carbonyl (C=O) groups is 1. The number of thiazole rings is 1. The number of hydrogen-bond donors (Lipinski definition) is 2. The molecule has 0 atom stereocenters. The molecule has 0 spiro atoms. The van der Waals surface area contributed by atoms with Gasteiger partial charge in [-0.3, -0.25) is 4.79 Å². The molecule has 0 unspecified atom stereocenters. The lowest BCUT2D eigenvalue weighted by Crippen LogP contribution is -2.11. The molecule has 21 heavy (non-hydrogen) atoms. The van der Waals surface area contributed by atoms with Crippen LogP contribution in [0.2, 0.25) is 0 Å². The van der Waals surface area contributed by atoms with Gasteiger partial charge >= 0.3 is 0 Å². The molecule has 2 rings (SSSR count). The summed E-state index contributed by atoms with van der Waals surface area (Å²) in [5, 5.41) is 8.95. The molecule has 0 aliphatic heterocycles. The van der Waals surface area contributed by atoms with E-state index < -0.39 is 0 Å². The van der Waals surface area contributed by atoms with Gasteiger partial charge in [0.1, 0.15) is 0 Å². The van der Waals surface area contributed by atoms with Crippen LogP contribution in [0.15, 0.2) is 29.6 Å². The lowest BCUT2D eigenvalue weighted by molar-refractivity contribution is -0.116. The lowest BCUT2D eigenvalue weighted by atomic mass is 10.2. The molecule has 112 valence electrons. The summed E-state index contributed by atoms with van der Waals surface area (Å²) < 4.78 is 4.92. The van der Waals surface area contributed by atoms with Gasteiger partial charge in [-0.25, -0.2) is 4.98 Å². The molecule has 2 N–H and O–H groups in total. The minimum absolute atomic E-state index is 0.00306. The molecule has 1 heterocycles. The van der Waals surface area contributed by atoms with Crippen molar-refractivity contribution < 1.29 is 9.53 Å². The van der Waals surface area contributed by atoms with Crippen LogP contribution in [0.1, 0.15) is 18.5 Å². The third-order valence-electron chi connectivity index (χ3n) is 2.79. The summed E-state index contributed by atoms with van der Waals surface area (Å²) in [5.41, 5.74) is 2.74. The quantitative estimate of drug-likeness (QED) is 0.768. The zero-order valence-corrected chi connectivity index (χ0v) is 13.0. The molecule has 1 aromatic heterocycles. The first kappa shape index (κ1) is 15.5. The largest absolute Gasteiger partial charge is 0.385 e. The van der Waals surface area contributed by atoms with E-state index in [0.29, 0.717) is 13.0 Å². The molecule has 2 aromatic rings. The van der Waals surface area contributed by atoms with E-state index in [0.717, 1.165) is 28.6 Å². The molecule has 0 saturated heterocycles. The van der Waals surface area contributed by atoms with Crippen molar-refractivity contribution in [1.82, 2.24) is 4.98 Å². The fraction of sp³-hybridized carbons (Fsp3) is 0.333. The molecule has 5 nitrogen and oxygen atoms in total. The molecule has 6 heteroatoms. The Labute approximate surface area is 128 Å². The van der Waals surface area contributed by atoms with Gasteiger partial charge in [0, 0.05) is 36.9 Å². The van der Waals surface area contributed by atoms with Crippen LogP contribution in [-0.2, 0) is 9.53 Å². The molecule has 0 aliphatic rings. The highest BCUT2D eigenvalue weighted by Gasteiger charge is 2.03. The Morgan fingerprint density at radius 3 is 2.62 bits per heavy atom. The van der Waals surface area contributed by atoms with Crippen LogP contribution in [0.5, 0.6) is 0 Å². The third kappa shape index (κ3) is 5.17. The third-order valence-corrected chi connectivity index (χ3v) is 3.67. The number of carbonyl (C=O) groups excluding carboxylic acids is 1. The molecule has 0 aliphatic carbocycles. The van der Waals surface area contributed by atoms with E-state index in [9.17, 15) is 4.79 Å². The van der Waals surface area contributed by atoms with Gasteiger partial charge in [0.15, 0.2) is 5.13 Å². The predicted molar refractivity (Wildman–Crippen MR) is 86.3 cm³/mol. The number of hydrogen-bond acceptors (Lipinski definition) is 5. The zero-order valence-electron chi connectivity index (χ0n) is 12.2. The summed E-state index contributed by atoms with van der Waals surface area (Å²) in [4.78, 5) is 16.0. The molecule has 0 fully saturated rings. The van der Waals surface area contributed by atoms with E-state index in [-0.39, 0.29) is 5.91 Å². The highest BCUT2D eigenvalue weighted by Crippen LogP contribution is 2.22. The highest BCUT2D eigenvalue weighted by molar-refractivity contribution is 7.13. The van der Waals surface area contributed by atoms with Crippen molar-refractivity contribution in [2.24, 2.45) is 0 Å². The lowest BCUT2D eigenvalue weighted by Gasteiger charge is -2.07. The van der Waals surface area contributed by atoms with Crippen LogP contribution in [0, 0.1) is 6.92 Å². The van der Waals surface area contributed by atoms with Gasteiger partial charge < -0.3 is 15.4 Å². The standard InChI is InChI=1S/C15H19N3O2S/c1-11-10-21-15(16-11)18-13-7-5-12(6-8-13)17-14(19)4-3-9-20-2/h5-8,10H,3-4,9H2,1-2H3,(H,16,18)(H,17,19). The molecular formula is C15H19N3O2S. The average Bonchev–Trinajstić information content (AvgIpc) is 2.87. The van der Waals surface area contributed by atoms with E-state index in [1.54, 1.807) is 18.4 Å². The molecule has 1 amide bonds. The van der Waals surface area contributed by atoms with Crippen LogP contribution < -0.4 is 10.6 Å². The minimum Gasteiger partial charge on any atom is -0.385 e. The Balaban J connectivity index is 1.85. The van der Waals surface area contributed by atoms with Crippen molar-refractivity contribution in [1.29, 1.82) is 0 Å². The van der Waals surface area contributed by atoms with Gasteiger partial charge in [-0.05, 0) is 37.6 Å². The van der Waals surface area contributed by atoms with Crippen LogP contribution in [-0.4, -0.2) is 24.6 Å². The predicted octanol–water partition coefficient (Wildman–Crippen LogP) is 3.56. The first-order valence-electron chi connectivity index (χ1n) is 6.75. The number of amides is 1. The van der Waals surface area contributed by atoms with Gasteiger partial charge in [0.2, 0.25) is 5.91 Å². The number of nitrogens with one attached hydrogen (secondary N) is 2. The summed E-state index contributed by atoms with van der Waals surface area (Å²) in [6, 6.07) is 7.58. The Morgan fingerprint density at radius 2 is 2.00 bits per heavy atom. The topological polar surface area (TPSA) is 63.2 Å². The fourth-order valence-electron chi connectivity index (χ4n) is 1.77. The SMILES string of the molecule is COCCCC(=O)Nc1ccc(Nc2nc(C)cs2)cc1. The maximum atomic E-state index is 11.7. The van der Waals surface area contributed by atoms with E-state index in [1.165, 1.54) is 0 Å². The van der Waals surface area contributed by atoms with Crippen LogP contribution in [0.3, 0.4) is 0 Å². The van der Waals surface area contributed by atoms with Crippen molar-refractivity contribution in [3.63, 3.8) is 0 Å². The van der Waals surface area contributed by atoms with E-state index in [2.05, 4.69) is 15.6 Å². The van der Waals surface area contributed by atoms with E-state index >= 15 is 0 Å². The number of aryl methyl sites for hydroxylation is 1. The minimum atomic E-state index is 0.00306. The van der Waals surface area contributed by atoms with Crippen LogP contribution >= 0.6 is 11.3 Å². The van der Waals surface area contributed by atoms with Crippen molar-refractivity contribution in [2.45, 2.75) is 19.8 Å². The summed E-state index contributed by atoms with van der Waals surface area (Å²) in [6.07, 6.45) is 1.19. The van der Waals surface area contributed by atoms with Crippen molar-refractivity contribution in [3.8, 4) is 0 Å². The number of benzene rings is 1. The second kappa shape index (κ2) is 7.75. The van der Waals surface area contributed by atoms with E-state index in [1.807, 2.05) is 36.6 Å². The number of nitrogens with zero attached hydrogens (tertiary/aromatic N) is 1. The normalized spacial score (nSPS) is 10.4. The molecule has 0 saturated carbocycles. The van der Waals surface area contributed by atoms with Crippen LogP contribution in [0.4, 0.5) is 16.5 Å². The molecular weight excluding hydrogens is 286 g/mol. The number of anilines is 3. The molecule has 0 bridgehead atoms. The first-order chi connectivity index (χ1) is 10.2. The fourth-order valence-corrected chi connectivity index (χ4v) is 2.48. The molecule has 1 aromatic carbocycles. The Bertz CT molecular complexity index is 581. The average molecular weight is 305 g/mol. The smallest absolute Gasteiger partial charge is 0.224 e. The maximum Gasteiger partial charge on any atom is 0.224 e. The van der Waals surface area contributed by atoms with Gasteiger partial charge in [-0.1, -0.05) is 0 Å². The summed E-state index contributed by atoms with van der Waals surface area (Å²) in [6.45, 7) is 2.56. The van der Waals surface area contributed by atoms with Crippen molar-refractivity contribution in [2.75, 3.05) is 24.4 Å². The monoisotopic (exact) mass is 305 g/mol. The number of aromatic nitrogens is 1. The highest BCUT2D eigenvalue weighted by atomic mass is 32.1. The first-order valence-corrected chi connectivity index (χ1v) is 7.63. The van der Waals surface area contributed by atoms with Gasteiger partial charge in [0.05, 0.1) is 5.69 Å². The van der Waals surface area contributed by atoms with E-state index in [4.69, 9.17) is 4.74 Å². The number of rotatable bonds is 7. The Morgan fingerprint density at radius 1 is 1.29 bits per heavy atom. The second-order valence-corrected chi connectivity index (χ2v) is 5.50. The Hall–Kier alpha value is -1.92. The second-order valence-electron chi connectivity index (χ2n) is 4.64. The van der Waals surface area contributed by atoms with Gasteiger partial charge in [-0.2, -0.15) is 0 Å². The molecule has 0 radical (unpaired) electrons. The Kier molecular flexibility index (Phi) is 5.71. The summed E-state index contributed by atoms with van der Waals surface area (Å²) in [7, 11) is 1.63. The van der Waals surface area contributed by atoms with Gasteiger partial charge in [0.25, 0.3) is 0 Å². The maximum absolute atomic E-state index is 11.7.